The molecule has 0 saturated heterocycles. The Hall–Kier alpha value is -5.50. The molecule has 14 heteroatoms. The van der Waals surface area contributed by atoms with Crippen molar-refractivity contribution >= 4 is 43.6 Å². The lowest BCUT2D eigenvalue weighted by Gasteiger charge is -2.21. The van der Waals surface area contributed by atoms with Crippen molar-refractivity contribution in [3.05, 3.63) is 100 Å². The molecular formula is C32H25F3N4O6S. The molecule has 0 radical (unpaired) electrons. The number of fused-ring (bicyclic) bond motifs is 2. The molecule has 0 atom stereocenters. The Labute approximate surface area is 259 Å². The van der Waals surface area contributed by atoms with Gasteiger partial charge in [0.1, 0.15) is 40.1 Å². The molecule has 0 fully saturated rings. The number of rotatable bonds is 7. The number of ether oxygens (including phenoxy) is 1. The van der Waals surface area contributed by atoms with Crippen LogP contribution in [0.5, 0.6) is 5.75 Å². The normalized spacial score (nSPS) is 11.7. The number of amides is 1. The lowest BCUT2D eigenvalue weighted by Crippen LogP contribution is -2.25. The summed E-state index contributed by atoms with van der Waals surface area (Å²) in [5.41, 5.74) is 0.998. The number of H-pyrrole nitrogens is 1. The Kier molecular flexibility index (Phi) is 7.39. The van der Waals surface area contributed by atoms with Gasteiger partial charge in [-0.3, -0.25) is 13.7 Å². The number of sulfonamides is 1. The summed E-state index contributed by atoms with van der Waals surface area (Å²) >= 11 is 0. The lowest BCUT2D eigenvalue weighted by atomic mass is 9.97. The highest BCUT2D eigenvalue weighted by molar-refractivity contribution is 7.92. The molecule has 1 amide bonds. The SMILES string of the molecule is CNC(=O)c1c(-c2ccc(F)cc2)oc2cc(N(C)S(C)(=O)=O)c(-c3cc(OC)c4[nH]c(=O)n(-c5cc(F)cc(F)c5)c4c3)cc12. The van der Waals surface area contributed by atoms with E-state index in [9.17, 15) is 31.2 Å². The number of methoxy groups -OCH3 is 1. The quantitative estimate of drug-likeness (QED) is 0.232. The number of aromatic amines is 1. The van der Waals surface area contributed by atoms with Gasteiger partial charge in [-0.1, -0.05) is 0 Å². The van der Waals surface area contributed by atoms with E-state index < -0.39 is 39.1 Å². The topological polar surface area (TPSA) is 127 Å². The molecule has 0 aliphatic heterocycles. The van der Waals surface area contributed by atoms with E-state index in [2.05, 4.69) is 10.3 Å². The average Bonchev–Trinajstić information content (AvgIpc) is 3.55. The first-order valence-corrected chi connectivity index (χ1v) is 15.5. The molecule has 4 aromatic carbocycles. The number of carbonyl (C=O) groups is 1. The van der Waals surface area contributed by atoms with Crippen molar-refractivity contribution in [2.75, 3.05) is 31.8 Å². The summed E-state index contributed by atoms with van der Waals surface area (Å²) in [5.74, 6) is -2.52. The number of nitrogens with zero attached hydrogens (tertiary/aromatic N) is 2. The number of hydrogen-bond acceptors (Lipinski definition) is 6. The van der Waals surface area contributed by atoms with Crippen molar-refractivity contribution in [2.45, 2.75) is 0 Å². The van der Waals surface area contributed by atoms with Crippen molar-refractivity contribution in [2.24, 2.45) is 0 Å². The van der Waals surface area contributed by atoms with Crippen molar-refractivity contribution in [3.8, 4) is 33.9 Å². The number of aromatic nitrogens is 2. The Morgan fingerprint density at radius 2 is 1.63 bits per heavy atom. The summed E-state index contributed by atoms with van der Waals surface area (Å²) in [5, 5.41) is 2.88. The molecule has 0 bridgehead atoms. The molecule has 46 heavy (non-hydrogen) atoms. The number of hydrogen-bond donors (Lipinski definition) is 2. The molecule has 2 aromatic heterocycles. The summed E-state index contributed by atoms with van der Waals surface area (Å²) in [6.45, 7) is 0. The third-order valence-corrected chi connectivity index (χ3v) is 8.79. The molecule has 6 rings (SSSR count). The fourth-order valence-corrected chi connectivity index (χ4v) is 5.88. The van der Waals surface area contributed by atoms with Gasteiger partial charge in [0.2, 0.25) is 10.0 Å². The predicted octanol–water partition coefficient (Wildman–Crippen LogP) is 5.58. The van der Waals surface area contributed by atoms with Crippen LogP contribution < -0.4 is 20.0 Å². The molecule has 0 aliphatic rings. The average molecular weight is 651 g/mol. The number of halogens is 3. The standard InChI is InChI=1S/C32H25F3N4O6S/c1-36-31(40)28-23-14-22(24(38(2)46(4,42)43)15-26(23)45-30(28)16-5-7-18(33)8-6-16)17-9-25-29(27(10-17)44-3)37-32(41)39(25)21-12-19(34)11-20(35)13-21/h5-15H,1-4H3,(H,36,40)(H,37,41). The monoisotopic (exact) mass is 650 g/mol. The molecule has 10 nitrogen and oxygen atoms in total. The van der Waals surface area contributed by atoms with Gasteiger partial charge < -0.3 is 19.5 Å². The van der Waals surface area contributed by atoms with E-state index in [1.54, 1.807) is 12.1 Å². The van der Waals surface area contributed by atoms with E-state index in [-0.39, 0.29) is 50.6 Å². The fourth-order valence-electron chi connectivity index (χ4n) is 5.37. The maximum Gasteiger partial charge on any atom is 0.331 e. The van der Waals surface area contributed by atoms with Crippen LogP contribution in [0, 0.1) is 17.5 Å². The summed E-state index contributed by atoms with van der Waals surface area (Å²) in [6, 6.07) is 14.1. The van der Waals surface area contributed by atoms with E-state index in [1.165, 1.54) is 57.6 Å². The van der Waals surface area contributed by atoms with E-state index >= 15 is 0 Å². The van der Waals surface area contributed by atoms with E-state index in [4.69, 9.17) is 9.15 Å². The summed E-state index contributed by atoms with van der Waals surface area (Å²) in [4.78, 5) is 29.0. The molecule has 2 N–H and O–H groups in total. The highest BCUT2D eigenvalue weighted by atomic mass is 32.2. The minimum absolute atomic E-state index is 0.0995. The number of nitrogens with one attached hydrogen (secondary N) is 2. The van der Waals surface area contributed by atoms with Gasteiger partial charge in [0.25, 0.3) is 5.91 Å². The summed E-state index contributed by atoms with van der Waals surface area (Å²) in [6.07, 6.45) is 1.01. The number of carbonyl (C=O) groups excluding carboxylic acids is 1. The number of anilines is 1. The first-order valence-electron chi connectivity index (χ1n) is 13.6. The van der Waals surface area contributed by atoms with E-state index in [0.29, 0.717) is 22.6 Å². The van der Waals surface area contributed by atoms with Crippen LogP contribution in [0.15, 0.2) is 75.9 Å². The predicted molar refractivity (Wildman–Crippen MR) is 168 cm³/mol. The molecule has 0 spiro atoms. The van der Waals surface area contributed by atoms with Crippen LogP contribution in [-0.2, 0) is 10.0 Å². The maximum absolute atomic E-state index is 14.2. The highest BCUT2D eigenvalue weighted by Gasteiger charge is 2.27. The van der Waals surface area contributed by atoms with Crippen molar-refractivity contribution in [3.63, 3.8) is 0 Å². The first-order chi connectivity index (χ1) is 21.8. The molecule has 0 unspecified atom stereocenters. The minimum atomic E-state index is -3.86. The van der Waals surface area contributed by atoms with Crippen LogP contribution >= 0.6 is 0 Å². The van der Waals surface area contributed by atoms with Gasteiger partial charge in [-0.05, 0) is 60.2 Å². The van der Waals surface area contributed by atoms with Gasteiger partial charge in [-0.25, -0.2) is 26.4 Å². The number of imidazole rings is 1. The zero-order chi connectivity index (χ0) is 33.1. The number of furan rings is 1. The van der Waals surface area contributed by atoms with Gasteiger partial charge in [-0.2, -0.15) is 0 Å². The van der Waals surface area contributed by atoms with Crippen LogP contribution in [0.25, 0.3) is 50.1 Å². The molecular weight excluding hydrogens is 625 g/mol. The van der Waals surface area contributed by atoms with Crippen LogP contribution in [0.3, 0.4) is 0 Å². The molecule has 6 aromatic rings. The highest BCUT2D eigenvalue weighted by Crippen LogP contribution is 2.43. The Balaban J connectivity index is 1.71. The second-order valence-corrected chi connectivity index (χ2v) is 12.5. The van der Waals surface area contributed by atoms with Gasteiger partial charge in [-0.15, -0.1) is 0 Å². The Bertz CT molecular complexity index is 2340. The van der Waals surface area contributed by atoms with Gasteiger partial charge in [0.15, 0.2) is 0 Å². The minimum Gasteiger partial charge on any atom is -0.494 e. The fraction of sp³-hybridized carbons (Fsp3) is 0.125. The third-order valence-electron chi connectivity index (χ3n) is 7.60. The van der Waals surface area contributed by atoms with Crippen LogP contribution in [0.2, 0.25) is 0 Å². The maximum atomic E-state index is 14.2. The Morgan fingerprint density at radius 1 is 0.957 bits per heavy atom. The second kappa shape index (κ2) is 11.1. The van der Waals surface area contributed by atoms with E-state index in [0.717, 1.165) is 27.3 Å². The van der Waals surface area contributed by atoms with Crippen molar-refractivity contribution in [1.29, 1.82) is 0 Å². The molecule has 2 heterocycles. The van der Waals surface area contributed by atoms with Crippen LogP contribution in [-0.4, -0.2) is 51.3 Å². The second-order valence-electron chi connectivity index (χ2n) is 10.5. The molecule has 0 saturated carbocycles. The summed E-state index contributed by atoms with van der Waals surface area (Å²) in [7, 11) is 0.269. The van der Waals surface area contributed by atoms with Gasteiger partial charge >= 0.3 is 5.69 Å². The zero-order valence-electron chi connectivity index (χ0n) is 24.7. The first kappa shape index (κ1) is 30.5. The van der Waals surface area contributed by atoms with E-state index in [1.807, 2.05) is 0 Å². The Morgan fingerprint density at radius 3 is 2.24 bits per heavy atom. The third kappa shape index (κ3) is 5.15. The van der Waals surface area contributed by atoms with Gasteiger partial charge in [0.05, 0.1) is 35.8 Å². The van der Waals surface area contributed by atoms with Gasteiger partial charge in [0, 0.05) is 42.7 Å². The number of benzene rings is 4. The lowest BCUT2D eigenvalue weighted by molar-refractivity contribution is 0.0964. The molecule has 236 valence electrons. The van der Waals surface area contributed by atoms with Crippen molar-refractivity contribution < 1.29 is 35.5 Å². The zero-order valence-corrected chi connectivity index (χ0v) is 25.6. The smallest absolute Gasteiger partial charge is 0.331 e. The summed E-state index contributed by atoms with van der Waals surface area (Å²) < 4.78 is 81.6. The molecule has 0 aliphatic carbocycles. The van der Waals surface area contributed by atoms with Crippen LogP contribution in [0.4, 0.5) is 18.9 Å². The largest absolute Gasteiger partial charge is 0.494 e. The van der Waals surface area contributed by atoms with Crippen molar-refractivity contribution in [1.82, 2.24) is 14.9 Å². The van der Waals surface area contributed by atoms with Crippen LogP contribution in [0.1, 0.15) is 10.4 Å².